The molecule has 2 heterocycles. The van der Waals surface area contributed by atoms with Gasteiger partial charge in [-0.05, 0) is 43.9 Å². The zero-order chi connectivity index (χ0) is 16.2. The Morgan fingerprint density at radius 2 is 2.26 bits per heavy atom. The van der Waals surface area contributed by atoms with Gasteiger partial charge in [-0.2, -0.15) is 0 Å². The molecule has 1 saturated heterocycles. The van der Waals surface area contributed by atoms with Crippen LogP contribution in [0, 0.1) is 5.92 Å². The third-order valence-corrected chi connectivity index (χ3v) is 4.72. The van der Waals surface area contributed by atoms with Crippen LogP contribution in [0.3, 0.4) is 0 Å². The predicted octanol–water partition coefficient (Wildman–Crippen LogP) is 1.83. The maximum atomic E-state index is 12.8. The summed E-state index contributed by atoms with van der Waals surface area (Å²) in [6.45, 7) is 6.09. The molecule has 5 nitrogen and oxygen atoms in total. The van der Waals surface area contributed by atoms with E-state index in [4.69, 9.17) is 4.74 Å². The molecule has 0 radical (unpaired) electrons. The lowest BCUT2D eigenvalue weighted by Crippen LogP contribution is -2.49. The third-order valence-electron chi connectivity index (χ3n) is 4.72. The second-order valence-corrected chi connectivity index (χ2v) is 6.79. The van der Waals surface area contributed by atoms with Crippen LogP contribution in [0.2, 0.25) is 0 Å². The molecule has 1 aromatic heterocycles. The second-order valence-electron chi connectivity index (χ2n) is 6.79. The van der Waals surface area contributed by atoms with E-state index in [0.29, 0.717) is 19.7 Å². The van der Waals surface area contributed by atoms with Crippen molar-refractivity contribution in [1.82, 2.24) is 14.8 Å². The van der Waals surface area contributed by atoms with E-state index >= 15 is 0 Å². The first-order chi connectivity index (χ1) is 11.2. The number of amides is 1. The molecule has 1 amide bonds. The highest BCUT2D eigenvalue weighted by Gasteiger charge is 2.28. The van der Waals surface area contributed by atoms with E-state index in [1.165, 1.54) is 12.8 Å². The molecule has 0 aromatic carbocycles. The van der Waals surface area contributed by atoms with Crippen molar-refractivity contribution in [2.45, 2.75) is 32.3 Å². The monoisotopic (exact) mass is 317 g/mol. The van der Waals surface area contributed by atoms with E-state index < -0.39 is 0 Å². The molecule has 1 aliphatic heterocycles. The number of aromatic nitrogens is 1. The van der Waals surface area contributed by atoms with E-state index in [2.05, 4.69) is 23.9 Å². The minimum Gasteiger partial charge on any atom is -0.373 e. The molecule has 126 valence electrons. The van der Waals surface area contributed by atoms with Crippen molar-refractivity contribution in [2.75, 3.05) is 39.8 Å². The van der Waals surface area contributed by atoms with Crippen LogP contribution in [-0.4, -0.2) is 66.6 Å². The minimum absolute atomic E-state index is 0.113. The molecule has 1 atom stereocenters. The number of rotatable bonds is 6. The second kappa shape index (κ2) is 7.41. The summed E-state index contributed by atoms with van der Waals surface area (Å²) < 4.78 is 5.88. The maximum Gasteiger partial charge on any atom is 0.254 e. The van der Waals surface area contributed by atoms with Gasteiger partial charge in [0.25, 0.3) is 5.91 Å². The summed E-state index contributed by atoms with van der Waals surface area (Å²) >= 11 is 0. The van der Waals surface area contributed by atoms with E-state index in [-0.39, 0.29) is 12.0 Å². The van der Waals surface area contributed by atoms with Gasteiger partial charge in [0.15, 0.2) is 0 Å². The van der Waals surface area contributed by atoms with Gasteiger partial charge in [0, 0.05) is 44.1 Å². The standard InChI is InChI=1S/C18H27N3O2/c1-3-15-10-19-7-6-17(15)18(22)21-8-9-23-16(13-21)12-20(2)11-14-4-5-14/h6-7,10,14,16H,3-5,8-9,11-13H2,1-2H3. The van der Waals surface area contributed by atoms with Crippen molar-refractivity contribution in [1.29, 1.82) is 0 Å². The van der Waals surface area contributed by atoms with E-state index in [1.54, 1.807) is 12.4 Å². The number of pyridine rings is 1. The number of hydrogen-bond donors (Lipinski definition) is 0. The van der Waals surface area contributed by atoms with E-state index in [0.717, 1.165) is 36.6 Å². The Kier molecular flexibility index (Phi) is 5.28. The SMILES string of the molecule is CCc1cnccc1C(=O)N1CCOC(CN(C)CC2CC2)C1. The average Bonchev–Trinajstić information content (AvgIpc) is 3.38. The third kappa shape index (κ3) is 4.30. The lowest BCUT2D eigenvalue weighted by molar-refractivity contribution is -0.0334. The first-order valence-corrected chi connectivity index (χ1v) is 8.69. The van der Waals surface area contributed by atoms with Crippen LogP contribution in [0.1, 0.15) is 35.7 Å². The normalized spacial score (nSPS) is 21.7. The highest BCUT2D eigenvalue weighted by atomic mass is 16.5. The lowest BCUT2D eigenvalue weighted by atomic mass is 10.1. The molecule has 1 unspecified atom stereocenters. The topological polar surface area (TPSA) is 45.7 Å². The van der Waals surface area contributed by atoms with Crippen LogP contribution < -0.4 is 0 Å². The minimum atomic E-state index is 0.113. The number of aryl methyl sites for hydroxylation is 1. The van der Waals surface area contributed by atoms with Gasteiger partial charge in [-0.25, -0.2) is 0 Å². The number of carbonyl (C=O) groups excluding carboxylic acids is 1. The van der Waals surface area contributed by atoms with Crippen LogP contribution in [0.15, 0.2) is 18.5 Å². The molecule has 0 bridgehead atoms. The van der Waals surface area contributed by atoms with Gasteiger partial charge in [0.2, 0.25) is 0 Å². The van der Waals surface area contributed by atoms with Gasteiger partial charge >= 0.3 is 0 Å². The smallest absolute Gasteiger partial charge is 0.254 e. The van der Waals surface area contributed by atoms with Crippen molar-refractivity contribution in [2.24, 2.45) is 5.92 Å². The quantitative estimate of drug-likeness (QED) is 0.803. The number of ether oxygens (including phenoxy) is 1. The Balaban J connectivity index is 1.59. The molecule has 1 aromatic rings. The first-order valence-electron chi connectivity index (χ1n) is 8.69. The zero-order valence-electron chi connectivity index (χ0n) is 14.2. The molecule has 3 rings (SSSR count). The summed E-state index contributed by atoms with van der Waals surface area (Å²) in [6.07, 6.45) is 7.17. The molecule has 5 heteroatoms. The largest absolute Gasteiger partial charge is 0.373 e. The van der Waals surface area contributed by atoms with Gasteiger partial charge in [-0.3, -0.25) is 9.78 Å². The molecule has 2 aliphatic rings. The summed E-state index contributed by atoms with van der Waals surface area (Å²) in [4.78, 5) is 21.2. The van der Waals surface area contributed by atoms with Crippen LogP contribution in [-0.2, 0) is 11.2 Å². The Morgan fingerprint density at radius 3 is 3.00 bits per heavy atom. The number of hydrogen-bond acceptors (Lipinski definition) is 4. The summed E-state index contributed by atoms with van der Waals surface area (Å²) in [5.74, 6) is 0.993. The molecule has 0 spiro atoms. The molecule has 1 saturated carbocycles. The first kappa shape index (κ1) is 16.4. The van der Waals surface area contributed by atoms with Crippen molar-refractivity contribution in [3.05, 3.63) is 29.6 Å². The number of likely N-dealkylation sites (N-methyl/N-ethyl adjacent to an activating group) is 1. The van der Waals surface area contributed by atoms with Gasteiger partial charge in [0.1, 0.15) is 0 Å². The van der Waals surface area contributed by atoms with Crippen LogP contribution in [0.4, 0.5) is 0 Å². The van der Waals surface area contributed by atoms with E-state index in [1.807, 2.05) is 11.0 Å². The fourth-order valence-corrected chi connectivity index (χ4v) is 3.27. The van der Waals surface area contributed by atoms with E-state index in [9.17, 15) is 4.79 Å². The number of morpholine rings is 1. The van der Waals surface area contributed by atoms with Crippen molar-refractivity contribution in [3.63, 3.8) is 0 Å². The van der Waals surface area contributed by atoms with Crippen LogP contribution >= 0.6 is 0 Å². The Morgan fingerprint density at radius 1 is 1.43 bits per heavy atom. The lowest BCUT2D eigenvalue weighted by Gasteiger charge is -2.35. The molecule has 0 N–H and O–H groups in total. The summed E-state index contributed by atoms with van der Waals surface area (Å²) in [7, 11) is 2.15. The molecule has 2 fully saturated rings. The summed E-state index contributed by atoms with van der Waals surface area (Å²) in [6, 6.07) is 1.84. The Bertz CT molecular complexity index is 545. The summed E-state index contributed by atoms with van der Waals surface area (Å²) in [5.41, 5.74) is 1.81. The van der Waals surface area contributed by atoms with Crippen molar-refractivity contribution in [3.8, 4) is 0 Å². The fourth-order valence-electron chi connectivity index (χ4n) is 3.27. The maximum absolute atomic E-state index is 12.8. The summed E-state index contributed by atoms with van der Waals surface area (Å²) in [5, 5.41) is 0. The Hall–Kier alpha value is -1.46. The molecular formula is C18H27N3O2. The van der Waals surface area contributed by atoms with Crippen molar-refractivity contribution < 1.29 is 9.53 Å². The highest BCUT2D eigenvalue weighted by Crippen LogP contribution is 2.29. The molecular weight excluding hydrogens is 290 g/mol. The van der Waals surface area contributed by atoms with Gasteiger partial charge < -0.3 is 14.5 Å². The van der Waals surface area contributed by atoms with Gasteiger partial charge in [0.05, 0.1) is 12.7 Å². The number of carbonyl (C=O) groups is 1. The average molecular weight is 317 g/mol. The van der Waals surface area contributed by atoms with Crippen molar-refractivity contribution >= 4 is 5.91 Å². The van der Waals surface area contributed by atoms with Crippen LogP contribution in [0.5, 0.6) is 0 Å². The molecule has 23 heavy (non-hydrogen) atoms. The van der Waals surface area contributed by atoms with Crippen LogP contribution in [0.25, 0.3) is 0 Å². The Labute approximate surface area is 138 Å². The van der Waals surface area contributed by atoms with Gasteiger partial charge in [-0.15, -0.1) is 0 Å². The van der Waals surface area contributed by atoms with Gasteiger partial charge in [-0.1, -0.05) is 6.92 Å². The number of nitrogens with zero attached hydrogens (tertiary/aromatic N) is 3. The zero-order valence-corrected chi connectivity index (χ0v) is 14.2. The predicted molar refractivity (Wildman–Crippen MR) is 89.5 cm³/mol. The fraction of sp³-hybridized carbons (Fsp3) is 0.667. The highest BCUT2D eigenvalue weighted by molar-refractivity contribution is 5.95. The molecule has 1 aliphatic carbocycles.